The van der Waals surface area contributed by atoms with Crippen LogP contribution in [0.15, 0.2) is 48.5 Å². The Bertz CT molecular complexity index is 871. The highest BCUT2D eigenvalue weighted by atomic mass is 35.5. The summed E-state index contributed by atoms with van der Waals surface area (Å²) in [6.45, 7) is 2.09. The molecule has 0 amide bonds. The van der Waals surface area contributed by atoms with Gasteiger partial charge in [0.2, 0.25) is 11.9 Å². The maximum absolute atomic E-state index is 6.18. The van der Waals surface area contributed by atoms with Gasteiger partial charge in [0, 0.05) is 5.02 Å². The van der Waals surface area contributed by atoms with Gasteiger partial charge in [-0.3, -0.25) is 0 Å². The van der Waals surface area contributed by atoms with Crippen LogP contribution in [0.5, 0.6) is 0 Å². The van der Waals surface area contributed by atoms with E-state index in [1.807, 2.05) is 22.9 Å². The number of nitrogens with two attached hydrogens (primary N) is 1. The number of hydrogen-bond acceptors (Lipinski definition) is 4. The minimum absolute atomic E-state index is 0.0380. The molecule has 2 atom stereocenters. The molecule has 24 heavy (non-hydrogen) atoms. The van der Waals surface area contributed by atoms with Crippen molar-refractivity contribution in [3.05, 3.63) is 70.2 Å². The van der Waals surface area contributed by atoms with Crippen molar-refractivity contribution >= 4 is 23.5 Å². The fraction of sp³-hybridized carbons (Fsp3) is 0.222. The lowest BCUT2D eigenvalue weighted by molar-refractivity contribution is 0.431. The van der Waals surface area contributed by atoms with Crippen LogP contribution in [0.1, 0.15) is 35.2 Å². The largest absolute Gasteiger partial charge is 0.366 e. The molecule has 0 bridgehead atoms. The number of fused-ring (bicyclic) bond motifs is 1. The first kappa shape index (κ1) is 15.0. The molecule has 3 aromatic rings. The van der Waals surface area contributed by atoms with Crippen molar-refractivity contribution < 1.29 is 0 Å². The topological polar surface area (TPSA) is 68.8 Å². The highest BCUT2D eigenvalue weighted by Crippen LogP contribution is 2.38. The average Bonchev–Trinajstić information content (AvgIpc) is 2.94. The van der Waals surface area contributed by atoms with Crippen molar-refractivity contribution in [2.24, 2.45) is 0 Å². The predicted molar refractivity (Wildman–Crippen MR) is 96.2 cm³/mol. The van der Waals surface area contributed by atoms with Crippen LogP contribution in [-0.4, -0.2) is 14.8 Å². The molecule has 0 fully saturated rings. The number of aromatic nitrogens is 3. The molecule has 3 N–H and O–H groups in total. The van der Waals surface area contributed by atoms with E-state index in [0.717, 1.165) is 12.0 Å². The van der Waals surface area contributed by atoms with E-state index < -0.39 is 0 Å². The zero-order valence-corrected chi connectivity index (χ0v) is 14.0. The first-order valence-corrected chi connectivity index (χ1v) is 8.28. The number of nitrogens with zero attached hydrogens (tertiary/aromatic N) is 3. The number of rotatable bonds is 2. The Kier molecular flexibility index (Phi) is 3.65. The Morgan fingerprint density at radius 1 is 1.17 bits per heavy atom. The molecule has 0 saturated heterocycles. The maximum atomic E-state index is 6.18. The SMILES string of the molecule is Cc1ccc([C@H]2C[C@@H](c3cccc(Cl)c3)n3nc(N)nc3N2)cc1. The lowest BCUT2D eigenvalue weighted by Crippen LogP contribution is -2.28. The van der Waals surface area contributed by atoms with Crippen LogP contribution in [0.4, 0.5) is 11.9 Å². The third-order valence-electron chi connectivity index (χ3n) is 4.42. The van der Waals surface area contributed by atoms with Gasteiger partial charge in [-0.25, -0.2) is 4.68 Å². The van der Waals surface area contributed by atoms with Crippen LogP contribution in [0, 0.1) is 6.92 Å². The van der Waals surface area contributed by atoms with Crippen molar-refractivity contribution in [2.75, 3.05) is 11.1 Å². The molecule has 0 aliphatic carbocycles. The lowest BCUT2D eigenvalue weighted by atomic mass is 9.93. The third-order valence-corrected chi connectivity index (χ3v) is 4.65. The van der Waals surface area contributed by atoms with E-state index in [4.69, 9.17) is 17.3 Å². The highest BCUT2D eigenvalue weighted by Gasteiger charge is 2.30. The Labute approximate surface area is 145 Å². The Balaban J connectivity index is 1.76. The van der Waals surface area contributed by atoms with Crippen LogP contribution in [0.3, 0.4) is 0 Å². The lowest BCUT2D eigenvalue weighted by Gasteiger charge is -2.31. The molecular weight excluding hydrogens is 322 g/mol. The summed E-state index contributed by atoms with van der Waals surface area (Å²) in [5.74, 6) is 0.961. The molecule has 122 valence electrons. The molecule has 6 heteroatoms. The summed E-state index contributed by atoms with van der Waals surface area (Å²) in [4.78, 5) is 4.33. The van der Waals surface area contributed by atoms with Gasteiger partial charge in [0.25, 0.3) is 0 Å². The van der Waals surface area contributed by atoms with Crippen LogP contribution in [-0.2, 0) is 0 Å². The zero-order chi connectivity index (χ0) is 16.7. The molecule has 2 aromatic carbocycles. The molecule has 0 radical (unpaired) electrons. The van der Waals surface area contributed by atoms with Gasteiger partial charge in [-0.15, -0.1) is 5.10 Å². The van der Waals surface area contributed by atoms with Gasteiger partial charge in [0.15, 0.2) is 0 Å². The van der Waals surface area contributed by atoms with Gasteiger partial charge in [0.05, 0.1) is 12.1 Å². The van der Waals surface area contributed by atoms with Crippen molar-refractivity contribution in [2.45, 2.75) is 25.4 Å². The Morgan fingerprint density at radius 3 is 2.71 bits per heavy atom. The van der Waals surface area contributed by atoms with Gasteiger partial charge in [-0.1, -0.05) is 53.6 Å². The number of nitrogen functional groups attached to an aromatic ring is 1. The maximum Gasteiger partial charge on any atom is 0.241 e. The first-order valence-electron chi connectivity index (χ1n) is 7.91. The summed E-state index contributed by atoms with van der Waals surface area (Å²) in [7, 11) is 0. The van der Waals surface area contributed by atoms with Crippen LogP contribution < -0.4 is 11.1 Å². The molecule has 2 heterocycles. The minimum Gasteiger partial charge on any atom is -0.366 e. The molecule has 4 rings (SSSR count). The summed E-state index contributed by atoms with van der Waals surface area (Å²) in [6, 6.07) is 16.6. The number of halogens is 1. The normalized spacial score (nSPS) is 19.6. The fourth-order valence-electron chi connectivity index (χ4n) is 3.20. The van der Waals surface area contributed by atoms with E-state index in [0.29, 0.717) is 11.0 Å². The van der Waals surface area contributed by atoms with E-state index in [1.54, 1.807) is 0 Å². The monoisotopic (exact) mass is 339 g/mol. The summed E-state index contributed by atoms with van der Waals surface area (Å²) in [6.07, 6.45) is 0.846. The number of hydrogen-bond donors (Lipinski definition) is 2. The van der Waals surface area contributed by atoms with Crippen molar-refractivity contribution in [3.8, 4) is 0 Å². The number of aryl methyl sites for hydroxylation is 1. The van der Waals surface area contributed by atoms with Crippen molar-refractivity contribution in [1.82, 2.24) is 14.8 Å². The van der Waals surface area contributed by atoms with E-state index in [-0.39, 0.29) is 18.0 Å². The molecule has 0 spiro atoms. The second kappa shape index (κ2) is 5.83. The Morgan fingerprint density at radius 2 is 1.96 bits per heavy atom. The molecule has 0 unspecified atom stereocenters. The number of benzene rings is 2. The zero-order valence-electron chi connectivity index (χ0n) is 13.3. The summed E-state index contributed by atoms with van der Waals surface area (Å²) in [5.41, 5.74) is 9.39. The molecule has 1 aliphatic heterocycles. The highest BCUT2D eigenvalue weighted by molar-refractivity contribution is 6.30. The van der Waals surface area contributed by atoms with Crippen molar-refractivity contribution in [1.29, 1.82) is 0 Å². The number of anilines is 2. The van der Waals surface area contributed by atoms with E-state index in [9.17, 15) is 0 Å². The van der Waals surface area contributed by atoms with Gasteiger partial charge in [0.1, 0.15) is 0 Å². The minimum atomic E-state index is 0.0380. The average molecular weight is 340 g/mol. The predicted octanol–water partition coefficient (Wildman–Crippen LogP) is 3.97. The van der Waals surface area contributed by atoms with Crippen LogP contribution >= 0.6 is 11.6 Å². The number of nitrogens with one attached hydrogen (secondary N) is 1. The van der Waals surface area contributed by atoms with E-state index >= 15 is 0 Å². The standard InChI is InChI=1S/C18H18ClN5/c1-11-5-7-12(8-6-11)15-10-16(13-3-2-4-14(19)9-13)24-18(21-15)22-17(20)23-24/h2-9,15-16H,10H2,1H3,(H3,20,21,22,23)/t15-,16+/m1/s1. The fourth-order valence-corrected chi connectivity index (χ4v) is 3.40. The summed E-state index contributed by atoms with van der Waals surface area (Å²) >= 11 is 6.18. The smallest absolute Gasteiger partial charge is 0.241 e. The van der Waals surface area contributed by atoms with Gasteiger partial charge in [-0.2, -0.15) is 4.98 Å². The first-order chi connectivity index (χ1) is 11.6. The molecular formula is C18H18ClN5. The van der Waals surface area contributed by atoms with Crippen LogP contribution in [0.25, 0.3) is 0 Å². The quantitative estimate of drug-likeness (QED) is 0.741. The molecule has 1 aliphatic rings. The van der Waals surface area contributed by atoms with Gasteiger partial charge < -0.3 is 11.1 Å². The van der Waals surface area contributed by atoms with Gasteiger partial charge >= 0.3 is 0 Å². The summed E-state index contributed by atoms with van der Waals surface area (Å²) in [5, 5.41) is 8.52. The second-order valence-corrected chi connectivity index (χ2v) is 6.59. The third kappa shape index (κ3) is 2.71. The van der Waals surface area contributed by atoms with E-state index in [2.05, 4.69) is 52.7 Å². The summed E-state index contributed by atoms with van der Waals surface area (Å²) < 4.78 is 1.85. The molecule has 5 nitrogen and oxygen atoms in total. The van der Waals surface area contributed by atoms with E-state index in [1.165, 1.54) is 11.1 Å². The molecule has 0 saturated carbocycles. The van der Waals surface area contributed by atoms with Crippen molar-refractivity contribution in [3.63, 3.8) is 0 Å². The van der Waals surface area contributed by atoms with Crippen LogP contribution in [0.2, 0.25) is 5.02 Å². The molecule has 1 aromatic heterocycles. The van der Waals surface area contributed by atoms with Gasteiger partial charge in [-0.05, 0) is 36.6 Å². The second-order valence-electron chi connectivity index (χ2n) is 6.15. The Hall–Kier alpha value is -2.53.